The van der Waals surface area contributed by atoms with Crippen LogP contribution in [0.15, 0.2) is 22.7 Å². The first-order valence-corrected chi connectivity index (χ1v) is 5.66. The Bertz CT molecular complexity index is 445. The number of hydrogen-bond acceptors (Lipinski definition) is 2. The summed E-state index contributed by atoms with van der Waals surface area (Å²) < 4.78 is 73.5. The third-order valence-electron chi connectivity index (χ3n) is 2.16. The topological polar surface area (TPSA) is 32.3 Å². The SMILES string of the molecule is OC(CNc1cc(C(F)(F)F)ccc1Br)C(F)(F)F. The fourth-order valence-corrected chi connectivity index (χ4v) is 1.55. The molecule has 1 rings (SSSR count). The molecule has 19 heavy (non-hydrogen) atoms. The van der Waals surface area contributed by atoms with E-state index in [-0.39, 0.29) is 10.2 Å². The van der Waals surface area contributed by atoms with Gasteiger partial charge in [0.2, 0.25) is 0 Å². The summed E-state index contributed by atoms with van der Waals surface area (Å²) in [5, 5.41) is 10.9. The molecule has 0 aliphatic rings. The molecule has 1 aromatic carbocycles. The van der Waals surface area contributed by atoms with Gasteiger partial charge in [0.1, 0.15) is 0 Å². The number of benzene rings is 1. The van der Waals surface area contributed by atoms with Crippen LogP contribution in [0.1, 0.15) is 5.56 Å². The zero-order valence-electron chi connectivity index (χ0n) is 9.11. The summed E-state index contributed by atoms with van der Waals surface area (Å²) in [5.41, 5.74) is -1.18. The van der Waals surface area contributed by atoms with E-state index >= 15 is 0 Å². The smallest absolute Gasteiger partial charge is 0.382 e. The Kier molecular flexibility index (Phi) is 4.72. The van der Waals surface area contributed by atoms with E-state index in [1.165, 1.54) is 0 Å². The van der Waals surface area contributed by atoms with Crippen molar-refractivity contribution in [3.8, 4) is 0 Å². The molecule has 0 aliphatic heterocycles. The van der Waals surface area contributed by atoms with Crippen LogP contribution in [-0.2, 0) is 6.18 Å². The van der Waals surface area contributed by atoms with E-state index in [0.29, 0.717) is 6.07 Å². The molecule has 1 atom stereocenters. The van der Waals surface area contributed by atoms with Gasteiger partial charge >= 0.3 is 12.4 Å². The fraction of sp³-hybridized carbons (Fsp3) is 0.400. The molecular formula is C10H8BrF6NO. The van der Waals surface area contributed by atoms with E-state index < -0.39 is 30.6 Å². The van der Waals surface area contributed by atoms with Gasteiger partial charge in [-0.2, -0.15) is 26.3 Å². The van der Waals surface area contributed by atoms with Crippen LogP contribution >= 0.6 is 15.9 Å². The van der Waals surface area contributed by atoms with Gasteiger partial charge in [-0.15, -0.1) is 0 Å². The molecule has 0 saturated heterocycles. The number of halogens is 7. The highest BCUT2D eigenvalue weighted by atomic mass is 79.9. The van der Waals surface area contributed by atoms with Crippen LogP contribution in [0.5, 0.6) is 0 Å². The maximum atomic E-state index is 12.4. The molecule has 1 aromatic rings. The second kappa shape index (κ2) is 5.58. The molecule has 0 fully saturated rings. The van der Waals surface area contributed by atoms with E-state index in [0.717, 1.165) is 12.1 Å². The molecule has 0 spiro atoms. The van der Waals surface area contributed by atoms with Gasteiger partial charge in [0, 0.05) is 16.7 Å². The number of rotatable bonds is 3. The van der Waals surface area contributed by atoms with Crippen LogP contribution in [0.25, 0.3) is 0 Å². The van der Waals surface area contributed by atoms with Crippen molar-refractivity contribution in [1.82, 2.24) is 0 Å². The van der Waals surface area contributed by atoms with E-state index in [2.05, 4.69) is 21.2 Å². The summed E-state index contributed by atoms with van der Waals surface area (Å²) in [4.78, 5) is 0. The Labute approximate surface area is 112 Å². The van der Waals surface area contributed by atoms with Crippen LogP contribution in [0.3, 0.4) is 0 Å². The van der Waals surface area contributed by atoms with E-state index in [1.807, 2.05) is 0 Å². The van der Waals surface area contributed by atoms with Crippen molar-refractivity contribution in [1.29, 1.82) is 0 Å². The second-order valence-electron chi connectivity index (χ2n) is 3.63. The van der Waals surface area contributed by atoms with Gasteiger partial charge in [-0.25, -0.2) is 0 Å². The summed E-state index contributed by atoms with van der Waals surface area (Å²) in [6.07, 6.45) is -12.1. The standard InChI is InChI=1S/C10H8BrF6NO/c11-6-2-1-5(9(12,13)14)3-7(6)18-4-8(19)10(15,16)17/h1-3,8,18-19H,4H2. The predicted octanol–water partition coefficient (Wildman–Crippen LogP) is 3.80. The minimum atomic E-state index is -4.83. The Morgan fingerprint density at radius 1 is 1.16 bits per heavy atom. The maximum absolute atomic E-state index is 12.4. The van der Waals surface area contributed by atoms with E-state index in [4.69, 9.17) is 5.11 Å². The molecule has 2 N–H and O–H groups in total. The first-order chi connectivity index (χ1) is 8.51. The van der Waals surface area contributed by atoms with E-state index in [9.17, 15) is 26.3 Å². The third kappa shape index (κ3) is 4.57. The van der Waals surface area contributed by atoms with Crippen molar-refractivity contribution in [2.75, 3.05) is 11.9 Å². The van der Waals surface area contributed by atoms with Crippen LogP contribution in [-0.4, -0.2) is 23.9 Å². The zero-order chi connectivity index (χ0) is 14.8. The highest BCUT2D eigenvalue weighted by molar-refractivity contribution is 9.10. The highest BCUT2D eigenvalue weighted by Crippen LogP contribution is 2.34. The van der Waals surface area contributed by atoms with Crippen LogP contribution in [0.4, 0.5) is 32.0 Å². The molecule has 0 bridgehead atoms. The van der Waals surface area contributed by atoms with Crippen LogP contribution in [0, 0.1) is 0 Å². The molecular weight excluding hydrogens is 344 g/mol. The molecule has 2 nitrogen and oxygen atoms in total. The Balaban J connectivity index is 2.84. The molecule has 1 unspecified atom stereocenters. The van der Waals surface area contributed by atoms with Gasteiger partial charge in [0.05, 0.1) is 5.56 Å². The summed E-state index contributed by atoms with van der Waals surface area (Å²) in [7, 11) is 0. The number of alkyl halides is 6. The molecule has 0 amide bonds. The lowest BCUT2D eigenvalue weighted by Crippen LogP contribution is -2.35. The first kappa shape index (κ1) is 16.1. The van der Waals surface area contributed by atoms with Gasteiger partial charge in [-0.1, -0.05) is 0 Å². The lowest BCUT2D eigenvalue weighted by Gasteiger charge is -2.17. The van der Waals surface area contributed by atoms with Crippen LogP contribution < -0.4 is 5.32 Å². The number of hydrogen-bond donors (Lipinski definition) is 2. The van der Waals surface area contributed by atoms with Crippen molar-refractivity contribution < 1.29 is 31.4 Å². The minimum absolute atomic E-state index is 0.162. The molecule has 0 radical (unpaired) electrons. The fourth-order valence-electron chi connectivity index (χ4n) is 1.16. The zero-order valence-corrected chi connectivity index (χ0v) is 10.7. The quantitative estimate of drug-likeness (QED) is 0.812. The van der Waals surface area contributed by atoms with Crippen molar-refractivity contribution in [2.24, 2.45) is 0 Å². The van der Waals surface area contributed by atoms with Gasteiger partial charge in [0.15, 0.2) is 6.10 Å². The lowest BCUT2D eigenvalue weighted by atomic mass is 10.2. The molecule has 0 aromatic heterocycles. The molecule has 108 valence electrons. The van der Waals surface area contributed by atoms with Crippen molar-refractivity contribution in [3.05, 3.63) is 28.2 Å². The Hall–Kier alpha value is -0.960. The largest absolute Gasteiger partial charge is 0.416 e. The summed E-state index contributed by atoms with van der Waals surface area (Å²) in [5.74, 6) is 0. The summed E-state index contributed by atoms with van der Waals surface area (Å²) in [6.45, 7) is -0.941. The average Bonchev–Trinajstić information content (AvgIpc) is 2.24. The number of aliphatic hydroxyl groups is 1. The summed E-state index contributed by atoms with van der Waals surface area (Å²) in [6, 6.07) is 2.51. The number of anilines is 1. The predicted molar refractivity (Wildman–Crippen MR) is 59.7 cm³/mol. The second-order valence-corrected chi connectivity index (χ2v) is 4.49. The lowest BCUT2D eigenvalue weighted by molar-refractivity contribution is -0.198. The maximum Gasteiger partial charge on any atom is 0.416 e. The Morgan fingerprint density at radius 3 is 2.21 bits per heavy atom. The van der Waals surface area contributed by atoms with E-state index in [1.54, 1.807) is 0 Å². The number of nitrogens with one attached hydrogen (secondary N) is 1. The third-order valence-corrected chi connectivity index (χ3v) is 2.85. The van der Waals surface area contributed by atoms with Gasteiger partial charge in [-0.3, -0.25) is 0 Å². The Morgan fingerprint density at radius 2 is 1.74 bits per heavy atom. The molecule has 0 saturated carbocycles. The van der Waals surface area contributed by atoms with Crippen molar-refractivity contribution in [3.63, 3.8) is 0 Å². The number of aliphatic hydroxyl groups excluding tert-OH is 1. The normalized spacial score (nSPS) is 14.3. The molecule has 0 heterocycles. The van der Waals surface area contributed by atoms with Gasteiger partial charge in [0.25, 0.3) is 0 Å². The average molecular weight is 352 g/mol. The van der Waals surface area contributed by atoms with Gasteiger partial charge < -0.3 is 10.4 Å². The van der Waals surface area contributed by atoms with Crippen molar-refractivity contribution in [2.45, 2.75) is 18.5 Å². The molecule has 9 heteroatoms. The van der Waals surface area contributed by atoms with Gasteiger partial charge in [-0.05, 0) is 34.1 Å². The van der Waals surface area contributed by atoms with Crippen LogP contribution in [0.2, 0.25) is 0 Å². The minimum Gasteiger partial charge on any atom is -0.382 e. The molecule has 0 aliphatic carbocycles. The summed E-state index contributed by atoms with van der Waals surface area (Å²) >= 11 is 2.91. The highest BCUT2D eigenvalue weighted by Gasteiger charge is 2.38. The van der Waals surface area contributed by atoms with Crippen molar-refractivity contribution >= 4 is 21.6 Å². The monoisotopic (exact) mass is 351 g/mol. The first-order valence-electron chi connectivity index (χ1n) is 4.87.